The van der Waals surface area contributed by atoms with Crippen molar-refractivity contribution in [1.82, 2.24) is 4.90 Å². The maximum Gasteiger partial charge on any atom is 0.0370 e. The number of alkyl halides is 1. The summed E-state index contributed by atoms with van der Waals surface area (Å²) in [4.78, 5) is 2.59. The van der Waals surface area contributed by atoms with Gasteiger partial charge in [-0.15, -0.1) is 11.6 Å². The van der Waals surface area contributed by atoms with E-state index in [-0.39, 0.29) is 0 Å². The van der Waals surface area contributed by atoms with Gasteiger partial charge in [0.25, 0.3) is 0 Å². The van der Waals surface area contributed by atoms with E-state index in [1.165, 1.54) is 113 Å². The summed E-state index contributed by atoms with van der Waals surface area (Å²) in [6, 6.07) is 0. The SMILES string of the molecule is C=C(CCC/C=C\C)CCCN(CCC)CCC.CCCCCCC1=CCC=C(C2C(C)CC(Cl)C2C)C=C1. The van der Waals surface area contributed by atoms with Gasteiger partial charge in [0.1, 0.15) is 0 Å². The summed E-state index contributed by atoms with van der Waals surface area (Å²) in [5.74, 6) is 1.96. The number of hydrogen-bond donors (Lipinski definition) is 0. The average molecular weight is 558 g/mol. The first-order chi connectivity index (χ1) is 18.9. The predicted octanol–water partition coefficient (Wildman–Crippen LogP) is 11.9. The molecule has 1 fully saturated rings. The van der Waals surface area contributed by atoms with Crippen LogP contribution in [0.25, 0.3) is 0 Å². The Kier molecular flexibility index (Phi) is 20.9. The molecular weight excluding hydrogens is 494 g/mol. The number of rotatable bonds is 18. The molecule has 0 aromatic carbocycles. The smallest absolute Gasteiger partial charge is 0.0370 e. The van der Waals surface area contributed by atoms with E-state index in [1.54, 1.807) is 0 Å². The van der Waals surface area contributed by atoms with Crippen molar-refractivity contribution in [2.45, 2.75) is 137 Å². The summed E-state index contributed by atoms with van der Waals surface area (Å²) in [5.41, 5.74) is 4.49. The van der Waals surface area contributed by atoms with E-state index >= 15 is 0 Å². The third-order valence-electron chi connectivity index (χ3n) is 8.50. The zero-order chi connectivity index (χ0) is 28.9. The van der Waals surface area contributed by atoms with E-state index in [9.17, 15) is 0 Å². The van der Waals surface area contributed by atoms with Gasteiger partial charge < -0.3 is 4.90 Å². The molecule has 0 amide bonds. The van der Waals surface area contributed by atoms with Crippen LogP contribution in [0.3, 0.4) is 0 Å². The van der Waals surface area contributed by atoms with Crippen molar-refractivity contribution in [3.63, 3.8) is 0 Å². The van der Waals surface area contributed by atoms with Crippen LogP contribution in [-0.2, 0) is 0 Å². The van der Waals surface area contributed by atoms with Crippen LogP contribution in [0.5, 0.6) is 0 Å². The van der Waals surface area contributed by atoms with Crippen molar-refractivity contribution >= 4 is 11.6 Å². The van der Waals surface area contributed by atoms with Gasteiger partial charge in [0, 0.05) is 5.38 Å². The molecule has 39 heavy (non-hydrogen) atoms. The minimum Gasteiger partial charge on any atom is -0.303 e. The standard InChI is InChI=1S/C20H31Cl.C17H33N/c1-4-5-6-7-9-17-10-8-11-18(13-12-17)20-15(2)14-19(21)16(20)3;1-5-8-9-10-12-17(4)13-11-16-18(14-6-2)15-7-3/h10-13,15-16,19-20H,4-9,14H2,1-3H3;5,8H,4,6-7,9-16H2,1-3H3/b;8-5-. The van der Waals surface area contributed by atoms with Gasteiger partial charge in [-0.1, -0.05) is 108 Å². The lowest BCUT2D eigenvalue weighted by Crippen LogP contribution is -2.26. The molecule has 2 aliphatic carbocycles. The van der Waals surface area contributed by atoms with E-state index in [2.05, 4.69) is 89.5 Å². The molecule has 1 saturated carbocycles. The van der Waals surface area contributed by atoms with Crippen molar-refractivity contribution in [3.05, 3.63) is 59.8 Å². The molecule has 0 heterocycles. The molecule has 224 valence electrons. The molecule has 0 aromatic heterocycles. The second-order valence-corrected chi connectivity index (χ2v) is 12.7. The van der Waals surface area contributed by atoms with Crippen molar-refractivity contribution in [1.29, 1.82) is 0 Å². The minimum atomic E-state index is 0.351. The zero-order valence-corrected chi connectivity index (χ0v) is 27.6. The molecule has 0 aliphatic heterocycles. The Morgan fingerprint density at radius 3 is 2.26 bits per heavy atom. The lowest BCUT2D eigenvalue weighted by atomic mass is 9.84. The fourth-order valence-corrected chi connectivity index (χ4v) is 6.69. The molecule has 2 aliphatic rings. The first-order valence-corrected chi connectivity index (χ1v) is 17.0. The van der Waals surface area contributed by atoms with Gasteiger partial charge in [-0.05, 0) is 121 Å². The highest BCUT2D eigenvalue weighted by atomic mass is 35.5. The molecule has 4 unspecified atom stereocenters. The molecule has 2 rings (SSSR count). The Morgan fingerprint density at radius 2 is 1.64 bits per heavy atom. The summed E-state index contributed by atoms with van der Waals surface area (Å²) >= 11 is 6.47. The van der Waals surface area contributed by atoms with Crippen molar-refractivity contribution in [3.8, 4) is 0 Å². The molecule has 1 nitrogen and oxygen atoms in total. The Hall–Kier alpha value is -1.05. The summed E-state index contributed by atoms with van der Waals surface area (Å²) in [5, 5.41) is 0.351. The number of hydrogen-bond acceptors (Lipinski definition) is 1. The molecule has 0 radical (unpaired) electrons. The topological polar surface area (TPSA) is 3.24 Å². The number of allylic oxidation sites excluding steroid dienone is 9. The van der Waals surface area contributed by atoms with Crippen LogP contribution in [0, 0.1) is 17.8 Å². The summed E-state index contributed by atoms with van der Waals surface area (Å²) in [7, 11) is 0. The highest BCUT2D eigenvalue weighted by Crippen LogP contribution is 2.44. The van der Waals surface area contributed by atoms with Crippen molar-refractivity contribution in [2.24, 2.45) is 17.8 Å². The fraction of sp³-hybridized carbons (Fsp3) is 0.730. The highest BCUT2D eigenvalue weighted by Gasteiger charge is 2.38. The molecule has 4 atom stereocenters. The average Bonchev–Trinajstić information content (AvgIpc) is 3.05. The third kappa shape index (κ3) is 15.5. The van der Waals surface area contributed by atoms with Crippen LogP contribution in [-0.4, -0.2) is 29.9 Å². The summed E-state index contributed by atoms with van der Waals surface area (Å²) in [6.45, 7) is 21.5. The van der Waals surface area contributed by atoms with E-state index in [0.717, 1.165) is 12.8 Å². The first kappa shape index (κ1) is 36.0. The zero-order valence-electron chi connectivity index (χ0n) is 26.8. The summed E-state index contributed by atoms with van der Waals surface area (Å²) < 4.78 is 0. The van der Waals surface area contributed by atoms with Crippen LogP contribution < -0.4 is 0 Å². The molecule has 0 saturated heterocycles. The monoisotopic (exact) mass is 557 g/mol. The van der Waals surface area contributed by atoms with Crippen molar-refractivity contribution < 1.29 is 0 Å². The number of nitrogens with zero attached hydrogens (tertiary/aromatic N) is 1. The van der Waals surface area contributed by atoms with Crippen LogP contribution in [0.4, 0.5) is 0 Å². The number of halogens is 1. The van der Waals surface area contributed by atoms with Gasteiger partial charge in [0.15, 0.2) is 0 Å². The minimum absolute atomic E-state index is 0.351. The number of unbranched alkanes of at least 4 members (excludes halogenated alkanes) is 4. The lowest BCUT2D eigenvalue weighted by Gasteiger charge is -2.22. The lowest BCUT2D eigenvalue weighted by molar-refractivity contribution is 0.271. The summed E-state index contributed by atoms with van der Waals surface area (Å²) in [6.07, 6.45) is 31.5. The fourth-order valence-electron chi connectivity index (χ4n) is 6.25. The van der Waals surface area contributed by atoms with E-state index in [4.69, 9.17) is 11.6 Å². The third-order valence-corrected chi connectivity index (χ3v) is 9.07. The van der Waals surface area contributed by atoms with E-state index < -0.39 is 0 Å². The molecule has 2 heteroatoms. The van der Waals surface area contributed by atoms with Crippen LogP contribution >= 0.6 is 11.6 Å². The first-order valence-electron chi connectivity index (χ1n) is 16.6. The Morgan fingerprint density at radius 1 is 0.923 bits per heavy atom. The van der Waals surface area contributed by atoms with E-state index in [1.807, 2.05) is 0 Å². The van der Waals surface area contributed by atoms with E-state index in [0.29, 0.717) is 23.1 Å². The van der Waals surface area contributed by atoms with Gasteiger partial charge in [-0.25, -0.2) is 0 Å². The Bertz CT molecular complexity index is 751. The molecule has 0 spiro atoms. The second kappa shape index (κ2) is 22.6. The second-order valence-electron chi connectivity index (χ2n) is 12.1. The maximum atomic E-state index is 6.47. The van der Waals surface area contributed by atoms with Gasteiger partial charge >= 0.3 is 0 Å². The van der Waals surface area contributed by atoms with Crippen molar-refractivity contribution in [2.75, 3.05) is 19.6 Å². The Labute approximate surface area is 249 Å². The quantitative estimate of drug-likeness (QED) is 0.0919. The van der Waals surface area contributed by atoms with Crippen LogP contribution in [0.15, 0.2) is 59.8 Å². The normalized spacial score (nSPS) is 23.0. The Balaban J connectivity index is 0.000000396. The van der Waals surface area contributed by atoms with Crippen LogP contribution in [0.2, 0.25) is 0 Å². The maximum absolute atomic E-state index is 6.47. The molecule has 0 N–H and O–H groups in total. The van der Waals surface area contributed by atoms with Crippen LogP contribution in [0.1, 0.15) is 131 Å². The molecule has 0 aromatic rings. The molecular formula is C37H64ClN. The largest absolute Gasteiger partial charge is 0.303 e. The van der Waals surface area contributed by atoms with Gasteiger partial charge in [0.05, 0.1) is 0 Å². The van der Waals surface area contributed by atoms with Gasteiger partial charge in [-0.2, -0.15) is 0 Å². The van der Waals surface area contributed by atoms with Gasteiger partial charge in [0.2, 0.25) is 0 Å². The predicted molar refractivity (Wildman–Crippen MR) is 179 cm³/mol. The highest BCUT2D eigenvalue weighted by molar-refractivity contribution is 6.21. The van der Waals surface area contributed by atoms with Gasteiger partial charge in [-0.3, -0.25) is 0 Å². The molecule has 0 bridgehead atoms.